The van der Waals surface area contributed by atoms with Crippen LogP contribution >= 0.6 is 0 Å². The number of halogens is 3. The van der Waals surface area contributed by atoms with Crippen molar-refractivity contribution in [2.45, 2.75) is 31.4 Å². The zero-order chi connectivity index (χ0) is 19.7. The highest BCUT2D eigenvalue weighted by Crippen LogP contribution is 2.30. The molecular weight excluding hydrogens is 373 g/mol. The van der Waals surface area contributed by atoms with Gasteiger partial charge in [0.15, 0.2) is 0 Å². The number of nitrogens with zero attached hydrogens (tertiary/aromatic N) is 6. The first kappa shape index (κ1) is 18.3. The van der Waals surface area contributed by atoms with Crippen LogP contribution in [0.1, 0.15) is 36.0 Å². The Hall–Kier alpha value is -3.04. The topological polar surface area (TPSA) is 76.3 Å². The van der Waals surface area contributed by atoms with Crippen LogP contribution in [0.15, 0.2) is 36.7 Å². The summed E-state index contributed by atoms with van der Waals surface area (Å²) in [7, 11) is 0. The highest BCUT2D eigenvalue weighted by molar-refractivity contribution is 5.78. The van der Waals surface area contributed by atoms with Crippen molar-refractivity contribution >= 4 is 11.7 Å². The van der Waals surface area contributed by atoms with Gasteiger partial charge in [-0.3, -0.25) is 9.78 Å². The van der Waals surface area contributed by atoms with Crippen LogP contribution in [0.4, 0.5) is 13.2 Å². The van der Waals surface area contributed by atoms with Gasteiger partial charge in [0, 0.05) is 37.1 Å². The lowest BCUT2D eigenvalue weighted by Gasteiger charge is -2.32. The number of likely N-dealkylation sites (tertiary alicyclic amines) is 1. The zero-order valence-corrected chi connectivity index (χ0v) is 14.8. The molecule has 7 nitrogen and oxygen atoms in total. The van der Waals surface area contributed by atoms with E-state index in [0.29, 0.717) is 37.3 Å². The lowest BCUT2D eigenvalue weighted by atomic mass is 9.93. The van der Waals surface area contributed by atoms with Gasteiger partial charge in [0.2, 0.25) is 5.91 Å². The van der Waals surface area contributed by atoms with E-state index in [9.17, 15) is 18.0 Å². The summed E-state index contributed by atoms with van der Waals surface area (Å²) in [6, 6.07) is 7.10. The van der Waals surface area contributed by atoms with Crippen molar-refractivity contribution in [1.82, 2.24) is 29.5 Å². The number of alkyl halides is 3. The second kappa shape index (κ2) is 7.17. The maximum Gasteiger partial charge on any atom is 0.453 e. The Morgan fingerprint density at radius 3 is 2.57 bits per heavy atom. The van der Waals surface area contributed by atoms with Crippen molar-refractivity contribution in [1.29, 1.82) is 0 Å². The molecule has 1 amide bonds. The first-order valence-electron chi connectivity index (χ1n) is 8.88. The molecule has 1 aliphatic heterocycles. The summed E-state index contributed by atoms with van der Waals surface area (Å²) in [4.78, 5) is 25.8. The van der Waals surface area contributed by atoms with Gasteiger partial charge in [-0.05, 0) is 31.0 Å². The van der Waals surface area contributed by atoms with Crippen LogP contribution in [-0.2, 0) is 17.4 Å². The lowest BCUT2D eigenvalue weighted by molar-refractivity contribution is -0.144. The summed E-state index contributed by atoms with van der Waals surface area (Å²) in [6.45, 7) is 1.06. The van der Waals surface area contributed by atoms with Crippen molar-refractivity contribution in [2.75, 3.05) is 13.1 Å². The number of hydrogen-bond acceptors (Lipinski definition) is 5. The number of pyridine rings is 1. The minimum absolute atomic E-state index is 0.00265. The smallest absolute Gasteiger partial charge is 0.342 e. The fourth-order valence-corrected chi connectivity index (χ4v) is 3.43. The van der Waals surface area contributed by atoms with Crippen molar-refractivity contribution in [2.24, 2.45) is 0 Å². The molecule has 1 saturated heterocycles. The van der Waals surface area contributed by atoms with Gasteiger partial charge in [0.1, 0.15) is 0 Å². The van der Waals surface area contributed by atoms with Crippen molar-refractivity contribution < 1.29 is 18.0 Å². The number of fused-ring (bicyclic) bond motifs is 1. The largest absolute Gasteiger partial charge is 0.453 e. The molecule has 146 valence electrons. The van der Waals surface area contributed by atoms with Crippen molar-refractivity contribution in [3.63, 3.8) is 0 Å². The van der Waals surface area contributed by atoms with Gasteiger partial charge in [0.05, 0.1) is 12.1 Å². The van der Waals surface area contributed by atoms with Crippen LogP contribution < -0.4 is 0 Å². The van der Waals surface area contributed by atoms with Crippen LogP contribution in [0, 0.1) is 0 Å². The highest BCUT2D eigenvalue weighted by Gasteiger charge is 2.37. The molecule has 0 N–H and O–H groups in total. The summed E-state index contributed by atoms with van der Waals surface area (Å²) in [6.07, 6.45) is -0.0211. The Morgan fingerprint density at radius 1 is 1.11 bits per heavy atom. The van der Waals surface area contributed by atoms with Crippen LogP contribution in [0.2, 0.25) is 0 Å². The van der Waals surface area contributed by atoms with Crippen molar-refractivity contribution in [3.05, 3.63) is 53.9 Å². The average molecular weight is 390 g/mol. The molecule has 3 aromatic heterocycles. The summed E-state index contributed by atoms with van der Waals surface area (Å²) >= 11 is 0. The van der Waals surface area contributed by atoms with E-state index in [1.165, 1.54) is 10.7 Å². The molecule has 10 heteroatoms. The molecule has 3 aromatic rings. The van der Waals surface area contributed by atoms with Crippen molar-refractivity contribution in [3.8, 4) is 0 Å². The molecule has 0 aromatic carbocycles. The minimum Gasteiger partial charge on any atom is -0.342 e. The van der Waals surface area contributed by atoms with Gasteiger partial charge >= 0.3 is 6.18 Å². The number of carbonyl (C=O) groups excluding carboxylic acids is 1. The molecule has 4 rings (SSSR count). The lowest BCUT2D eigenvalue weighted by Crippen LogP contribution is -2.39. The number of carbonyl (C=O) groups is 1. The van der Waals surface area contributed by atoms with E-state index in [1.807, 2.05) is 6.07 Å². The minimum atomic E-state index is -4.62. The molecular formula is C18H17F3N6O. The molecule has 4 heterocycles. The maximum atomic E-state index is 12.9. The Kier molecular flexibility index (Phi) is 4.70. The van der Waals surface area contributed by atoms with Gasteiger partial charge in [-0.25, -0.2) is 9.50 Å². The van der Waals surface area contributed by atoms with E-state index in [4.69, 9.17) is 0 Å². The van der Waals surface area contributed by atoms with Gasteiger partial charge in [-0.2, -0.15) is 18.2 Å². The SMILES string of the molecule is O=C(Cc1ccccn1)N1CCC(c2ccnc3nc(C(F)(F)F)nn23)CC1. The molecule has 0 saturated carbocycles. The Labute approximate surface area is 158 Å². The van der Waals surface area contributed by atoms with E-state index in [0.717, 1.165) is 0 Å². The number of aromatic nitrogens is 5. The molecule has 1 fully saturated rings. The standard InChI is InChI=1S/C18H17F3N6O/c19-18(20,21)16-24-17-23-8-4-14(27(17)25-16)12-5-9-26(10-6-12)15(28)11-13-3-1-2-7-22-13/h1-4,7-8,12H,5-6,9-11H2. The normalized spacial score (nSPS) is 15.9. The summed E-state index contributed by atoms with van der Waals surface area (Å²) in [5, 5.41) is 3.60. The molecule has 0 radical (unpaired) electrons. The number of piperidine rings is 1. The van der Waals surface area contributed by atoms with E-state index in [1.54, 1.807) is 29.3 Å². The molecule has 0 atom stereocenters. The molecule has 0 aliphatic carbocycles. The summed E-state index contributed by atoms with van der Waals surface area (Å²) < 4.78 is 39.9. The van der Waals surface area contributed by atoms with Gasteiger partial charge in [-0.1, -0.05) is 6.07 Å². The quantitative estimate of drug-likeness (QED) is 0.687. The van der Waals surface area contributed by atoms with Crippen LogP contribution in [0.25, 0.3) is 5.78 Å². The van der Waals surface area contributed by atoms with E-state index >= 15 is 0 Å². The molecule has 28 heavy (non-hydrogen) atoms. The van der Waals surface area contributed by atoms with Gasteiger partial charge in [-0.15, -0.1) is 5.10 Å². The van der Waals surface area contributed by atoms with E-state index < -0.39 is 12.0 Å². The molecule has 0 bridgehead atoms. The van der Waals surface area contributed by atoms with E-state index in [-0.39, 0.29) is 24.0 Å². The number of hydrogen-bond donors (Lipinski definition) is 0. The monoisotopic (exact) mass is 390 g/mol. The Balaban J connectivity index is 1.46. The third kappa shape index (κ3) is 3.67. The second-order valence-corrected chi connectivity index (χ2v) is 6.67. The molecule has 0 spiro atoms. The third-order valence-electron chi connectivity index (χ3n) is 4.85. The average Bonchev–Trinajstić information content (AvgIpc) is 3.14. The van der Waals surface area contributed by atoms with E-state index in [2.05, 4.69) is 20.1 Å². The fourth-order valence-electron chi connectivity index (χ4n) is 3.43. The van der Waals surface area contributed by atoms with Gasteiger partial charge < -0.3 is 4.90 Å². The first-order chi connectivity index (χ1) is 13.4. The predicted molar refractivity (Wildman–Crippen MR) is 92.3 cm³/mol. The zero-order valence-electron chi connectivity index (χ0n) is 14.8. The summed E-state index contributed by atoms with van der Waals surface area (Å²) in [5.74, 6) is -1.29. The maximum absolute atomic E-state index is 12.9. The fraction of sp³-hybridized carbons (Fsp3) is 0.389. The van der Waals surface area contributed by atoms with Crippen LogP contribution in [-0.4, -0.2) is 48.5 Å². The highest BCUT2D eigenvalue weighted by atomic mass is 19.4. The Morgan fingerprint density at radius 2 is 1.89 bits per heavy atom. The van der Waals surface area contributed by atoms with Gasteiger partial charge in [0.25, 0.3) is 11.6 Å². The summed E-state index contributed by atoms with van der Waals surface area (Å²) in [5.41, 5.74) is 1.34. The molecule has 0 unspecified atom stereocenters. The second-order valence-electron chi connectivity index (χ2n) is 6.67. The Bertz CT molecular complexity index is 980. The molecule has 1 aliphatic rings. The first-order valence-corrected chi connectivity index (χ1v) is 8.88. The predicted octanol–water partition coefficient (Wildman–Crippen LogP) is 2.49. The van der Waals surface area contributed by atoms with Crippen LogP contribution in [0.5, 0.6) is 0 Å². The number of rotatable bonds is 3. The third-order valence-corrected chi connectivity index (χ3v) is 4.85. The van der Waals surface area contributed by atoms with Crippen LogP contribution in [0.3, 0.4) is 0 Å². The number of amides is 1.